The number of imide groups is 2. The van der Waals surface area contributed by atoms with E-state index in [-0.39, 0.29) is 26.0 Å². The molecule has 16 heavy (non-hydrogen) atoms. The number of nitrogens with zero attached hydrogens (tertiary/aromatic N) is 1. The number of carbonyl (C=O) groups is 4. The van der Waals surface area contributed by atoms with Crippen LogP contribution >= 0.6 is 0 Å². The summed E-state index contributed by atoms with van der Waals surface area (Å²) in [6, 6.07) is -0.787. The van der Waals surface area contributed by atoms with Crippen LogP contribution in [0.25, 0.3) is 0 Å². The predicted octanol–water partition coefficient (Wildman–Crippen LogP) is -0.592. The minimum atomic E-state index is -0.787. The molecular weight excluding hydrogens is 216 g/mol. The Labute approximate surface area is 91.7 Å². The van der Waals surface area contributed by atoms with E-state index in [1.54, 1.807) is 6.92 Å². The van der Waals surface area contributed by atoms with E-state index < -0.39 is 23.8 Å². The normalized spacial score (nSPS) is 16.1. The first-order valence-corrected chi connectivity index (χ1v) is 4.84. The van der Waals surface area contributed by atoms with Gasteiger partial charge in [-0.25, -0.2) is 4.79 Å². The lowest BCUT2D eigenvalue weighted by molar-refractivity contribution is -0.143. The summed E-state index contributed by atoms with van der Waals surface area (Å²) in [4.78, 5) is 45.1. The quantitative estimate of drug-likeness (QED) is 0.512. The van der Waals surface area contributed by atoms with Crippen molar-refractivity contribution in [3.63, 3.8) is 0 Å². The van der Waals surface area contributed by atoms with E-state index in [1.165, 1.54) is 0 Å². The lowest BCUT2D eigenvalue weighted by atomic mass is 10.2. The largest absolute Gasteiger partial charge is 0.466 e. The monoisotopic (exact) mass is 228 g/mol. The summed E-state index contributed by atoms with van der Waals surface area (Å²) in [7, 11) is 0. The molecule has 1 aliphatic heterocycles. The van der Waals surface area contributed by atoms with E-state index >= 15 is 0 Å². The van der Waals surface area contributed by atoms with Crippen molar-refractivity contribution in [1.29, 1.82) is 0 Å². The summed E-state index contributed by atoms with van der Waals surface area (Å²) in [5.74, 6) is -1.71. The van der Waals surface area contributed by atoms with Gasteiger partial charge in [0, 0.05) is 6.54 Å². The summed E-state index contributed by atoms with van der Waals surface area (Å²) in [6.07, 6.45) is -0.435. The number of barbiturate groups is 1. The molecule has 0 atom stereocenters. The van der Waals surface area contributed by atoms with E-state index in [0.29, 0.717) is 0 Å². The fourth-order valence-electron chi connectivity index (χ4n) is 1.24. The zero-order valence-corrected chi connectivity index (χ0v) is 8.82. The van der Waals surface area contributed by atoms with Gasteiger partial charge in [-0.05, 0) is 6.92 Å². The number of nitrogens with one attached hydrogen (secondary N) is 1. The SMILES string of the molecule is CCOC(=O)CCN1C(=O)CC(=O)NC1=O. The third-order valence-corrected chi connectivity index (χ3v) is 1.95. The lowest BCUT2D eigenvalue weighted by Crippen LogP contribution is -2.53. The summed E-state index contributed by atoms with van der Waals surface area (Å²) < 4.78 is 4.65. The average Bonchev–Trinajstić information content (AvgIpc) is 2.16. The molecule has 0 aliphatic carbocycles. The Bertz CT molecular complexity index is 319. The van der Waals surface area contributed by atoms with Crippen LogP contribution < -0.4 is 5.32 Å². The molecule has 0 saturated carbocycles. The maximum absolute atomic E-state index is 11.3. The van der Waals surface area contributed by atoms with E-state index in [1.807, 2.05) is 5.32 Å². The number of hydrogen-bond donors (Lipinski definition) is 1. The molecule has 4 amide bonds. The molecular formula is C9H12N2O5. The van der Waals surface area contributed by atoms with Crippen LogP contribution in [0.15, 0.2) is 0 Å². The van der Waals surface area contributed by atoms with Gasteiger partial charge in [-0.2, -0.15) is 0 Å². The molecule has 0 unspecified atom stereocenters. The van der Waals surface area contributed by atoms with E-state index in [9.17, 15) is 19.2 Å². The smallest absolute Gasteiger partial charge is 0.330 e. The van der Waals surface area contributed by atoms with Gasteiger partial charge in [0.15, 0.2) is 0 Å². The van der Waals surface area contributed by atoms with Crippen LogP contribution in [0.4, 0.5) is 4.79 Å². The van der Waals surface area contributed by atoms with Crippen LogP contribution in [-0.4, -0.2) is 41.9 Å². The molecule has 0 aromatic rings. The first-order chi connectivity index (χ1) is 7.54. The topological polar surface area (TPSA) is 92.8 Å². The van der Waals surface area contributed by atoms with Crippen molar-refractivity contribution in [3.8, 4) is 0 Å². The first kappa shape index (κ1) is 12.2. The molecule has 1 aliphatic rings. The minimum absolute atomic E-state index is 0.0683. The second-order valence-electron chi connectivity index (χ2n) is 3.13. The highest BCUT2D eigenvalue weighted by atomic mass is 16.5. The second kappa shape index (κ2) is 5.24. The van der Waals surface area contributed by atoms with Crippen LogP contribution in [0.1, 0.15) is 19.8 Å². The van der Waals surface area contributed by atoms with Crippen molar-refractivity contribution in [2.75, 3.05) is 13.2 Å². The molecule has 0 spiro atoms. The minimum Gasteiger partial charge on any atom is -0.466 e. The van der Waals surface area contributed by atoms with E-state index in [0.717, 1.165) is 4.90 Å². The molecule has 1 N–H and O–H groups in total. The van der Waals surface area contributed by atoms with Gasteiger partial charge < -0.3 is 4.74 Å². The van der Waals surface area contributed by atoms with Crippen molar-refractivity contribution < 1.29 is 23.9 Å². The molecule has 0 radical (unpaired) electrons. The van der Waals surface area contributed by atoms with Crippen molar-refractivity contribution in [2.24, 2.45) is 0 Å². The Kier molecular flexibility index (Phi) is 3.98. The molecule has 1 rings (SSSR count). The predicted molar refractivity (Wildman–Crippen MR) is 51.1 cm³/mol. The van der Waals surface area contributed by atoms with Gasteiger partial charge in [-0.1, -0.05) is 0 Å². The lowest BCUT2D eigenvalue weighted by Gasteiger charge is -2.24. The van der Waals surface area contributed by atoms with Crippen LogP contribution in [0.5, 0.6) is 0 Å². The zero-order valence-electron chi connectivity index (χ0n) is 8.82. The number of urea groups is 1. The van der Waals surface area contributed by atoms with E-state index in [4.69, 9.17) is 0 Å². The standard InChI is InChI=1S/C9H12N2O5/c1-2-16-8(14)3-4-11-7(13)5-6(12)10-9(11)15/h2-5H2,1H3,(H,10,12,15). The third-order valence-electron chi connectivity index (χ3n) is 1.95. The Hall–Kier alpha value is -1.92. The Morgan fingerprint density at radius 1 is 1.44 bits per heavy atom. The number of amides is 4. The fourth-order valence-corrected chi connectivity index (χ4v) is 1.24. The van der Waals surface area contributed by atoms with Gasteiger partial charge in [-0.15, -0.1) is 0 Å². The second-order valence-corrected chi connectivity index (χ2v) is 3.13. The van der Waals surface area contributed by atoms with Gasteiger partial charge in [-0.3, -0.25) is 24.6 Å². The molecule has 7 nitrogen and oxygen atoms in total. The van der Waals surface area contributed by atoms with Crippen LogP contribution in [0, 0.1) is 0 Å². The number of hydrogen-bond acceptors (Lipinski definition) is 5. The highest BCUT2D eigenvalue weighted by Gasteiger charge is 2.30. The average molecular weight is 228 g/mol. The van der Waals surface area contributed by atoms with Crippen LogP contribution in [0.2, 0.25) is 0 Å². The molecule has 0 aromatic heterocycles. The van der Waals surface area contributed by atoms with Gasteiger partial charge in [0.25, 0.3) is 0 Å². The third kappa shape index (κ3) is 3.04. The van der Waals surface area contributed by atoms with Gasteiger partial charge in [0.2, 0.25) is 11.8 Å². The van der Waals surface area contributed by atoms with Gasteiger partial charge in [0.1, 0.15) is 6.42 Å². The molecule has 0 aromatic carbocycles. The maximum atomic E-state index is 11.3. The highest BCUT2D eigenvalue weighted by Crippen LogP contribution is 2.04. The van der Waals surface area contributed by atoms with Crippen molar-refractivity contribution in [3.05, 3.63) is 0 Å². The van der Waals surface area contributed by atoms with Crippen molar-refractivity contribution in [2.45, 2.75) is 19.8 Å². The molecule has 1 heterocycles. The number of esters is 1. The van der Waals surface area contributed by atoms with Crippen LogP contribution in [0.3, 0.4) is 0 Å². The summed E-state index contributed by atoms with van der Waals surface area (Å²) in [6.45, 7) is 1.84. The Morgan fingerprint density at radius 2 is 2.12 bits per heavy atom. The summed E-state index contributed by atoms with van der Waals surface area (Å²) >= 11 is 0. The Morgan fingerprint density at radius 3 is 2.69 bits per heavy atom. The molecule has 88 valence electrons. The number of rotatable bonds is 4. The summed E-state index contributed by atoms with van der Waals surface area (Å²) in [5, 5.41) is 1.99. The summed E-state index contributed by atoms with van der Waals surface area (Å²) in [5.41, 5.74) is 0. The Balaban J connectivity index is 2.47. The zero-order chi connectivity index (χ0) is 12.1. The highest BCUT2D eigenvalue weighted by molar-refractivity contribution is 6.14. The van der Waals surface area contributed by atoms with Gasteiger partial charge >= 0.3 is 12.0 Å². The fraction of sp³-hybridized carbons (Fsp3) is 0.556. The molecule has 7 heteroatoms. The first-order valence-electron chi connectivity index (χ1n) is 4.84. The molecule has 1 fully saturated rings. The molecule has 1 saturated heterocycles. The van der Waals surface area contributed by atoms with E-state index in [2.05, 4.69) is 4.74 Å². The van der Waals surface area contributed by atoms with Crippen molar-refractivity contribution in [1.82, 2.24) is 10.2 Å². The van der Waals surface area contributed by atoms with Crippen LogP contribution in [-0.2, 0) is 19.1 Å². The molecule has 0 bridgehead atoms. The van der Waals surface area contributed by atoms with Crippen molar-refractivity contribution >= 4 is 23.8 Å². The number of ether oxygens (including phenoxy) is 1. The maximum Gasteiger partial charge on any atom is 0.330 e. The number of carbonyl (C=O) groups excluding carboxylic acids is 4. The van der Waals surface area contributed by atoms with Gasteiger partial charge in [0.05, 0.1) is 13.0 Å².